The molecule has 0 radical (unpaired) electrons. The van der Waals surface area contributed by atoms with Crippen LogP contribution < -0.4 is 5.32 Å². The maximum Gasteiger partial charge on any atom is 0.224 e. The zero-order valence-electron chi connectivity index (χ0n) is 12.5. The van der Waals surface area contributed by atoms with Crippen molar-refractivity contribution in [2.24, 2.45) is 0 Å². The molecule has 1 atom stereocenters. The highest BCUT2D eigenvalue weighted by molar-refractivity contribution is 5.93. The predicted octanol–water partition coefficient (Wildman–Crippen LogP) is 3.02. The number of aliphatic hydroxyl groups is 1. The lowest BCUT2D eigenvalue weighted by molar-refractivity contribution is -0.116. The molecular formula is C18H20N2O2. The molecule has 1 aromatic carbocycles. The monoisotopic (exact) mass is 296 g/mol. The second-order valence-electron chi connectivity index (χ2n) is 5.73. The third-order valence-electron chi connectivity index (χ3n) is 4.08. The van der Waals surface area contributed by atoms with Gasteiger partial charge in [-0.2, -0.15) is 0 Å². The Bertz CT molecular complexity index is 655. The van der Waals surface area contributed by atoms with E-state index < -0.39 is 6.10 Å². The van der Waals surface area contributed by atoms with E-state index in [9.17, 15) is 9.90 Å². The van der Waals surface area contributed by atoms with E-state index in [2.05, 4.69) is 16.4 Å². The van der Waals surface area contributed by atoms with Crippen LogP contribution in [-0.2, 0) is 17.6 Å². The normalized spacial score (nSPS) is 15.0. The van der Waals surface area contributed by atoms with Crippen molar-refractivity contribution in [3.8, 4) is 0 Å². The van der Waals surface area contributed by atoms with Gasteiger partial charge in [0.2, 0.25) is 5.91 Å². The summed E-state index contributed by atoms with van der Waals surface area (Å²) in [5, 5.41) is 13.2. The number of aryl methyl sites for hydroxylation is 2. The lowest BCUT2D eigenvalue weighted by atomic mass is 9.96. The molecular weight excluding hydrogens is 276 g/mol. The average Bonchev–Trinajstić information content (AvgIpc) is 2.55. The molecule has 0 fully saturated rings. The van der Waals surface area contributed by atoms with Gasteiger partial charge in [-0.05, 0) is 54.5 Å². The van der Waals surface area contributed by atoms with Gasteiger partial charge in [0.25, 0.3) is 0 Å². The highest BCUT2D eigenvalue weighted by Gasteiger charge is 2.16. The number of nitrogens with zero attached hydrogens (tertiary/aromatic N) is 1. The molecule has 1 amide bonds. The van der Waals surface area contributed by atoms with Crippen molar-refractivity contribution in [3.63, 3.8) is 0 Å². The number of aromatic nitrogens is 1. The summed E-state index contributed by atoms with van der Waals surface area (Å²) >= 11 is 0. The van der Waals surface area contributed by atoms with Gasteiger partial charge >= 0.3 is 0 Å². The molecule has 114 valence electrons. The van der Waals surface area contributed by atoms with E-state index in [1.807, 2.05) is 30.5 Å². The lowest BCUT2D eigenvalue weighted by Crippen LogP contribution is -2.19. The van der Waals surface area contributed by atoms with Crippen molar-refractivity contribution in [1.29, 1.82) is 0 Å². The van der Waals surface area contributed by atoms with E-state index >= 15 is 0 Å². The third kappa shape index (κ3) is 3.52. The standard InChI is InChI=1S/C18H20N2O2/c21-17(5-1-3-13-4-2-10-19-12-13)15-6-8-16-14(11-15)7-9-18(22)20-16/h2,4,6,8,10-12,17,21H,1,3,5,7,9H2,(H,20,22). The molecule has 3 rings (SSSR count). The summed E-state index contributed by atoms with van der Waals surface area (Å²) in [6.07, 6.45) is 7.01. The Morgan fingerprint density at radius 2 is 2.18 bits per heavy atom. The molecule has 22 heavy (non-hydrogen) atoms. The van der Waals surface area contributed by atoms with Gasteiger partial charge in [-0.1, -0.05) is 18.2 Å². The number of anilines is 1. The summed E-state index contributed by atoms with van der Waals surface area (Å²) in [4.78, 5) is 15.5. The van der Waals surface area contributed by atoms with Crippen molar-refractivity contribution < 1.29 is 9.90 Å². The summed E-state index contributed by atoms with van der Waals surface area (Å²) in [5.74, 6) is 0.0669. The van der Waals surface area contributed by atoms with Crippen molar-refractivity contribution in [1.82, 2.24) is 4.98 Å². The summed E-state index contributed by atoms with van der Waals surface area (Å²) < 4.78 is 0. The van der Waals surface area contributed by atoms with Crippen LogP contribution in [0.15, 0.2) is 42.7 Å². The molecule has 0 saturated heterocycles. The largest absolute Gasteiger partial charge is 0.388 e. The van der Waals surface area contributed by atoms with Gasteiger partial charge in [-0.3, -0.25) is 9.78 Å². The van der Waals surface area contributed by atoms with Crippen LogP contribution in [0.5, 0.6) is 0 Å². The number of fused-ring (bicyclic) bond motifs is 1. The van der Waals surface area contributed by atoms with Crippen LogP contribution in [0.2, 0.25) is 0 Å². The van der Waals surface area contributed by atoms with Crippen LogP contribution in [0, 0.1) is 0 Å². The van der Waals surface area contributed by atoms with Gasteiger partial charge in [0, 0.05) is 24.5 Å². The van der Waals surface area contributed by atoms with Crippen molar-refractivity contribution >= 4 is 11.6 Å². The molecule has 1 aliphatic rings. The number of carbonyl (C=O) groups excluding carboxylic acids is 1. The third-order valence-corrected chi connectivity index (χ3v) is 4.08. The van der Waals surface area contributed by atoms with E-state index in [1.165, 1.54) is 5.56 Å². The number of rotatable bonds is 5. The molecule has 0 bridgehead atoms. The molecule has 4 nitrogen and oxygen atoms in total. The quantitative estimate of drug-likeness (QED) is 0.891. The Kier molecular flexibility index (Phi) is 4.49. The van der Waals surface area contributed by atoms with E-state index in [0.717, 1.165) is 42.5 Å². The topological polar surface area (TPSA) is 62.2 Å². The lowest BCUT2D eigenvalue weighted by Gasteiger charge is -2.19. The molecule has 1 aromatic heterocycles. The minimum Gasteiger partial charge on any atom is -0.388 e. The summed E-state index contributed by atoms with van der Waals surface area (Å²) in [6.45, 7) is 0. The Morgan fingerprint density at radius 3 is 3.00 bits per heavy atom. The number of hydrogen-bond acceptors (Lipinski definition) is 3. The van der Waals surface area contributed by atoms with Crippen molar-refractivity contribution in [2.45, 2.75) is 38.2 Å². The second kappa shape index (κ2) is 6.71. The predicted molar refractivity (Wildman–Crippen MR) is 85.5 cm³/mol. The van der Waals surface area contributed by atoms with Crippen LogP contribution in [0.4, 0.5) is 5.69 Å². The number of hydrogen-bond donors (Lipinski definition) is 2. The number of aliphatic hydroxyl groups excluding tert-OH is 1. The first-order chi connectivity index (χ1) is 10.7. The van der Waals surface area contributed by atoms with Crippen LogP contribution in [0.25, 0.3) is 0 Å². The first-order valence-corrected chi connectivity index (χ1v) is 7.72. The first-order valence-electron chi connectivity index (χ1n) is 7.72. The number of pyridine rings is 1. The van der Waals surface area contributed by atoms with Gasteiger partial charge in [0.05, 0.1) is 6.10 Å². The number of benzene rings is 1. The minimum atomic E-state index is -0.459. The Hall–Kier alpha value is -2.20. The van der Waals surface area contributed by atoms with E-state index in [1.54, 1.807) is 6.20 Å². The molecule has 2 heterocycles. The maximum atomic E-state index is 11.4. The fraction of sp³-hybridized carbons (Fsp3) is 0.333. The zero-order chi connectivity index (χ0) is 15.4. The van der Waals surface area contributed by atoms with Gasteiger partial charge in [-0.25, -0.2) is 0 Å². The molecule has 1 unspecified atom stereocenters. The minimum absolute atomic E-state index is 0.0669. The SMILES string of the molecule is O=C1CCc2cc(C(O)CCCc3cccnc3)ccc2N1. The smallest absolute Gasteiger partial charge is 0.224 e. The number of carbonyl (C=O) groups is 1. The highest BCUT2D eigenvalue weighted by Crippen LogP contribution is 2.28. The van der Waals surface area contributed by atoms with Crippen molar-refractivity contribution in [3.05, 3.63) is 59.4 Å². The molecule has 2 aromatic rings. The van der Waals surface area contributed by atoms with E-state index in [4.69, 9.17) is 0 Å². The summed E-state index contributed by atoms with van der Waals surface area (Å²) in [5.41, 5.74) is 4.12. The second-order valence-corrected chi connectivity index (χ2v) is 5.73. The number of amides is 1. The zero-order valence-corrected chi connectivity index (χ0v) is 12.5. The van der Waals surface area contributed by atoms with Crippen LogP contribution in [-0.4, -0.2) is 16.0 Å². The van der Waals surface area contributed by atoms with Gasteiger partial charge in [-0.15, -0.1) is 0 Å². The average molecular weight is 296 g/mol. The molecule has 4 heteroatoms. The van der Waals surface area contributed by atoms with Gasteiger partial charge in [0.1, 0.15) is 0 Å². The maximum absolute atomic E-state index is 11.4. The fourth-order valence-electron chi connectivity index (χ4n) is 2.82. The van der Waals surface area contributed by atoms with Crippen molar-refractivity contribution in [2.75, 3.05) is 5.32 Å². The Morgan fingerprint density at radius 1 is 1.27 bits per heavy atom. The van der Waals surface area contributed by atoms with Gasteiger partial charge < -0.3 is 10.4 Å². The number of nitrogens with one attached hydrogen (secondary N) is 1. The van der Waals surface area contributed by atoms with Crippen LogP contribution >= 0.6 is 0 Å². The Balaban J connectivity index is 1.58. The van der Waals surface area contributed by atoms with Crippen LogP contribution in [0.3, 0.4) is 0 Å². The van der Waals surface area contributed by atoms with Crippen LogP contribution in [0.1, 0.15) is 42.1 Å². The molecule has 2 N–H and O–H groups in total. The summed E-state index contributed by atoms with van der Waals surface area (Å²) in [6, 6.07) is 9.80. The molecule has 0 saturated carbocycles. The molecule has 0 spiro atoms. The molecule has 0 aliphatic carbocycles. The van der Waals surface area contributed by atoms with Gasteiger partial charge in [0.15, 0.2) is 0 Å². The Labute approximate surface area is 130 Å². The fourth-order valence-corrected chi connectivity index (χ4v) is 2.82. The van der Waals surface area contributed by atoms with E-state index in [0.29, 0.717) is 6.42 Å². The first kappa shape index (κ1) is 14.7. The molecule has 1 aliphatic heterocycles. The summed E-state index contributed by atoms with van der Waals surface area (Å²) in [7, 11) is 0. The highest BCUT2D eigenvalue weighted by atomic mass is 16.3. The van der Waals surface area contributed by atoms with E-state index in [-0.39, 0.29) is 5.91 Å².